The van der Waals surface area contributed by atoms with Gasteiger partial charge in [-0.3, -0.25) is 4.79 Å². The molecule has 0 bridgehead atoms. The van der Waals surface area contributed by atoms with E-state index >= 15 is 0 Å². The maximum absolute atomic E-state index is 11.7. The van der Waals surface area contributed by atoms with Crippen LogP contribution in [0, 0.1) is 0 Å². The first-order valence-corrected chi connectivity index (χ1v) is 2.59. The predicted octanol–water partition coefficient (Wildman–Crippen LogP) is 2.22. The van der Waals surface area contributed by atoms with Crippen LogP contribution >= 0.6 is 23.2 Å². The largest absolute Gasteiger partial charge is 0.396 e. The molecule has 0 radical (unpaired) electrons. The quantitative estimate of drug-likeness (QED) is 0.378. The maximum atomic E-state index is 11.7. The fourth-order valence-corrected chi connectivity index (χ4v) is 0.364. The molecule has 0 aliphatic heterocycles. The third kappa shape index (κ3) is 1.73. The average molecular weight is 199 g/mol. The van der Waals surface area contributed by atoms with Gasteiger partial charge in [-0.1, -0.05) is 0 Å². The molecule has 0 atom stereocenters. The summed E-state index contributed by atoms with van der Waals surface area (Å²) in [6.45, 7) is 0. The number of carbonyl (C=O) groups is 1. The number of carbonyl (C=O) groups excluding carboxylic acids is 1. The van der Waals surface area contributed by atoms with Gasteiger partial charge in [-0.25, -0.2) is 0 Å². The van der Waals surface area contributed by atoms with Crippen molar-refractivity contribution >= 4 is 28.4 Å². The summed E-state index contributed by atoms with van der Waals surface area (Å²) >= 11 is 7.93. The monoisotopic (exact) mass is 198 g/mol. The number of rotatable bonds is 2. The van der Waals surface area contributed by atoms with Crippen LogP contribution in [-0.2, 0) is 4.79 Å². The van der Waals surface area contributed by atoms with Crippen LogP contribution in [0.25, 0.3) is 0 Å². The van der Waals surface area contributed by atoms with E-state index in [9.17, 15) is 22.4 Å². The first kappa shape index (κ1) is 9.97. The highest BCUT2D eigenvalue weighted by molar-refractivity contribution is 6.65. The first-order chi connectivity index (χ1) is 4.19. The van der Waals surface area contributed by atoms with Gasteiger partial charge in [-0.05, 0) is 23.2 Å². The lowest BCUT2D eigenvalue weighted by Crippen LogP contribution is -2.40. The van der Waals surface area contributed by atoms with Crippen molar-refractivity contribution in [3.8, 4) is 0 Å². The molecule has 0 saturated carbocycles. The zero-order chi connectivity index (χ0) is 8.58. The maximum Gasteiger partial charge on any atom is 0.396 e. The molecule has 0 N–H and O–H groups in total. The Hall–Kier alpha value is -0.0300. The first-order valence-electron chi connectivity index (χ1n) is 1.84. The van der Waals surface area contributed by atoms with E-state index in [0.29, 0.717) is 0 Å². The summed E-state index contributed by atoms with van der Waals surface area (Å²) in [6.07, 6.45) is 0. The van der Waals surface area contributed by atoms with Gasteiger partial charge in [0.2, 0.25) is 0 Å². The molecule has 0 aliphatic carbocycles. The van der Waals surface area contributed by atoms with Gasteiger partial charge in [0.1, 0.15) is 0 Å². The Morgan fingerprint density at radius 3 is 1.50 bits per heavy atom. The van der Waals surface area contributed by atoms with Gasteiger partial charge in [0.05, 0.1) is 0 Å². The second-order valence-corrected chi connectivity index (χ2v) is 2.16. The molecule has 0 spiro atoms. The van der Waals surface area contributed by atoms with Crippen LogP contribution in [0.3, 0.4) is 0 Å². The lowest BCUT2D eigenvalue weighted by Gasteiger charge is -2.15. The summed E-state index contributed by atoms with van der Waals surface area (Å²) in [4.78, 5) is 9.56. The highest BCUT2D eigenvalue weighted by Gasteiger charge is 2.60. The summed E-state index contributed by atoms with van der Waals surface area (Å²) in [5.41, 5.74) is 0. The fraction of sp³-hybridized carbons (Fsp3) is 0.667. The highest BCUT2D eigenvalue weighted by Crippen LogP contribution is 2.38. The van der Waals surface area contributed by atoms with Gasteiger partial charge in [0.15, 0.2) is 0 Å². The average Bonchev–Trinajstić information content (AvgIpc) is 1.62. The van der Waals surface area contributed by atoms with Crippen molar-refractivity contribution in [2.75, 3.05) is 0 Å². The fourth-order valence-electron chi connectivity index (χ4n) is 0.111. The van der Waals surface area contributed by atoms with Gasteiger partial charge in [-0.2, -0.15) is 17.6 Å². The smallest absolute Gasteiger partial charge is 0.274 e. The third-order valence-electron chi connectivity index (χ3n) is 0.603. The summed E-state index contributed by atoms with van der Waals surface area (Å²) in [5, 5.41) is -7.40. The van der Waals surface area contributed by atoms with Crippen LogP contribution < -0.4 is 0 Å². The summed E-state index contributed by atoms with van der Waals surface area (Å²) in [6, 6.07) is 0. The van der Waals surface area contributed by atoms with Crippen molar-refractivity contribution < 1.29 is 22.4 Å². The Morgan fingerprint density at radius 2 is 1.50 bits per heavy atom. The summed E-state index contributed by atoms with van der Waals surface area (Å²) < 4.78 is 46.3. The molecule has 0 saturated heterocycles. The molecule has 7 heteroatoms. The van der Waals surface area contributed by atoms with E-state index in [1.54, 1.807) is 0 Å². The molecule has 0 aromatic carbocycles. The second-order valence-electron chi connectivity index (χ2n) is 1.35. The van der Waals surface area contributed by atoms with Gasteiger partial charge in [-0.15, -0.1) is 0 Å². The molecule has 10 heavy (non-hydrogen) atoms. The van der Waals surface area contributed by atoms with Gasteiger partial charge < -0.3 is 0 Å². The van der Waals surface area contributed by atoms with Crippen molar-refractivity contribution in [1.29, 1.82) is 0 Å². The van der Waals surface area contributed by atoms with Crippen LogP contribution in [0.2, 0.25) is 0 Å². The Kier molecular flexibility index (Phi) is 2.53. The molecular weight excluding hydrogens is 199 g/mol. The van der Waals surface area contributed by atoms with Gasteiger partial charge in [0, 0.05) is 0 Å². The third-order valence-corrected chi connectivity index (χ3v) is 1.08. The van der Waals surface area contributed by atoms with E-state index < -0.39 is 16.5 Å². The van der Waals surface area contributed by atoms with E-state index in [-0.39, 0.29) is 0 Å². The van der Waals surface area contributed by atoms with Gasteiger partial charge >= 0.3 is 11.3 Å². The topological polar surface area (TPSA) is 17.1 Å². The normalized spacial score (nSPS) is 13.4. The predicted molar refractivity (Wildman–Crippen MR) is 26.6 cm³/mol. The molecule has 0 rings (SSSR count). The van der Waals surface area contributed by atoms with E-state index in [4.69, 9.17) is 0 Å². The van der Waals surface area contributed by atoms with Crippen molar-refractivity contribution in [3.63, 3.8) is 0 Å². The second kappa shape index (κ2) is 2.54. The Morgan fingerprint density at radius 1 is 1.20 bits per heavy atom. The molecule has 60 valence electrons. The Bertz CT molecular complexity index is 151. The Labute approximate surface area is 62.9 Å². The van der Waals surface area contributed by atoms with Crippen LogP contribution in [0.5, 0.6) is 0 Å². The molecule has 1 nitrogen and oxygen atoms in total. The standard InChI is InChI=1S/C3Cl2F4O/c4-1(10)2(6,7)3(5,8)9. The molecular formula is C3Cl2F4O. The number of hydrogen-bond acceptors (Lipinski definition) is 1. The minimum absolute atomic E-state index is 2.48. The van der Waals surface area contributed by atoms with E-state index in [1.807, 2.05) is 0 Å². The van der Waals surface area contributed by atoms with Crippen LogP contribution in [0.15, 0.2) is 0 Å². The minimum Gasteiger partial charge on any atom is -0.274 e. The zero-order valence-electron chi connectivity index (χ0n) is 4.18. The van der Waals surface area contributed by atoms with E-state index in [1.165, 1.54) is 0 Å². The van der Waals surface area contributed by atoms with Crippen LogP contribution in [0.4, 0.5) is 17.6 Å². The molecule has 0 heterocycles. The Balaban J connectivity index is 4.57. The molecule has 0 aromatic heterocycles. The van der Waals surface area contributed by atoms with Crippen molar-refractivity contribution in [2.24, 2.45) is 0 Å². The van der Waals surface area contributed by atoms with Crippen LogP contribution in [0.1, 0.15) is 0 Å². The highest BCUT2D eigenvalue weighted by atomic mass is 35.5. The number of halogens is 6. The molecule has 0 aromatic rings. The van der Waals surface area contributed by atoms with Crippen LogP contribution in [-0.4, -0.2) is 16.5 Å². The van der Waals surface area contributed by atoms with E-state index in [0.717, 1.165) is 0 Å². The summed E-state index contributed by atoms with van der Waals surface area (Å²) in [5.74, 6) is -5.00. The molecule has 0 aliphatic rings. The molecule has 0 fully saturated rings. The summed E-state index contributed by atoms with van der Waals surface area (Å²) in [7, 11) is 0. The van der Waals surface area contributed by atoms with Crippen molar-refractivity contribution in [2.45, 2.75) is 11.3 Å². The van der Waals surface area contributed by atoms with E-state index in [2.05, 4.69) is 23.2 Å². The number of alkyl halides is 5. The lowest BCUT2D eigenvalue weighted by atomic mass is 10.4. The van der Waals surface area contributed by atoms with Gasteiger partial charge in [0.25, 0.3) is 5.24 Å². The van der Waals surface area contributed by atoms with Crippen molar-refractivity contribution in [3.05, 3.63) is 0 Å². The lowest BCUT2D eigenvalue weighted by molar-refractivity contribution is -0.170. The number of hydrogen-bond donors (Lipinski definition) is 0. The zero-order valence-corrected chi connectivity index (χ0v) is 5.69. The van der Waals surface area contributed by atoms with Crippen molar-refractivity contribution in [1.82, 2.24) is 0 Å². The molecule has 0 amide bonds. The molecule has 0 unspecified atom stereocenters. The minimum atomic E-state index is -5.00. The SMILES string of the molecule is O=C(Cl)C(F)(F)C(F)(F)Cl.